The highest BCUT2D eigenvalue weighted by molar-refractivity contribution is 9.10. The minimum Gasteiger partial charge on any atom is -0.497 e. The molecule has 0 amide bonds. The second-order valence-electron chi connectivity index (χ2n) is 7.03. The highest BCUT2D eigenvalue weighted by Crippen LogP contribution is 2.38. The summed E-state index contributed by atoms with van der Waals surface area (Å²) in [7, 11) is 4.68. The van der Waals surface area contributed by atoms with Gasteiger partial charge in [0, 0.05) is 18.2 Å². The molecule has 9 nitrogen and oxygen atoms in total. The number of thioether (sulfide) groups is 1. The van der Waals surface area contributed by atoms with Crippen LogP contribution in [0, 0.1) is 0 Å². The fourth-order valence-electron chi connectivity index (χ4n) is 3.29. The second kappa shape index (κ2) is 12.0. The van der Waals surface area contributed by atoms with Gasteiger partial charge in [-0.3, -0.25) is 0 Å². The topological polar surface area (TPSA) is 105 Å². The molecule has 0 saturated carbocycles. The molecule has 35 heavy (non-hydrogen) atoms. The van der Waals surface area contributed by atoms with Crippen molar-refractivity contribution >= 4 is 39.7 Å². The van der Waals surface area contributed by atoms with Gasteiger partial charge < -0.3 is 28.6 Å². The van der Waals surface area contributed by atoms with E-state index in [-0.39, 0.29) is 4.91 Å². The SMILES string of the molecule is CCOc1c(Br)cc(/C=C(\Sc2nnc(-c3cc(OC)cc(OC)c3)n2CC)C(=O)O)cc1OC. The zero-order valence-electron chi connectivity index (χ0n) is 20.0. The first kappa shape index (κ1) is 26.4. The van der Waals surface area contributed by atoms with Gasteiger partial charge in [-0.15, -0.1) is 10.2 Å². The Morgan fingerprint density at radius 1 is 1.06 bits per heavy atom. The van der Waals surface area contributed by atoms with Crippen molar-refractivity contribution in [1.82, 2.24) is 14.8 Å². The number of carboxylic acid groups (broad SMARTS) is 1. The first-order chi connectivity index (χ1) is 16.8. The Labute approximate surface area is 216 Å². The molecule has 0 aliphatic rings. The third-order valence-electron chi connectivity index (χ3n) is 4.89. The average molecular weight is 564 g/mol. The number of hydrogen-bond donors (Lipinski definition) is 1. The Kier molecular flexibility index (Phi) is 9.05. The van der Waals surface area contributed by atoms with Crippen LogP contribution in [0.25, 0.3) is 17.5 Å². The number of rotatable bonds is 11. The monoisotopic (exact) mass is 563 g/mol. The summed E-state index contributed by atoms with van der Waals surface area (Å²) in [5.74, 6) is 1.76. The Morgan fingerprint density at radius 3 is 2.29 bits per heavy atom. The second-order valence-corrected chi connectivity index (χ2v) is 8.90. The fraction of sp³-hybridized carbons (Fsp3) is 0.292. The molecule has 0 spiro atoms. The van der Waals surface area contributed by atoms with E-state index in [1.165, 1.54) is 7.11 Å². The smallest absolute Gasteiger partial charge is 0.342 e. The minimum atomic E-state index is -1.09. The number of carbonyl (C=O) groups is 1. The molecule has 0 aliphatic heterocycles. The lowest BCUT2D eigenvalue weighted by atomic mass is 10.2. The number of nitrogens with zero attached hydrogens (tertiary/aromatic N) is 3. The van der Waals surface area contributed by atoms with E-state index in [1.54, 1.807) is 38.5 Å². The predicted octanol–water partition coefficient (Wildman–Crippen LogP) is 5.37. The van der Waals surface area contributed by atoms with Crippen LogP contribution in [0.3, 0.4) is 0 Å². The zero-order chi connectivity index (χ0) is 25.5. The Hall–Kier alpha value is -3.18. The molecule has 0 aliphatic carbocycles. The van der Waals surface area contributed by atoms with Crippen LogP contribution >= 0.6 is 27.7 Å². The molecule has 1 heterocycles. The van der Waals surface area contributed by atoms with E-state index < -0.39 is 5.97 Å². The summed E-state index contributed by atoms with van der Waals surface area (Å²) in [5, 5.41) is 18.9. The van der Waals surface area contributed by atoms with Gasteiger partial charge in [-0.05, 0) is 77.4 Å². The van der Waals surface area contributed by atoms with Crippen molar-refractivity contribution < 1.29 is 28.8 Å². The maximum absolute atomic E-state index is 12.1. The van der Waals surface area contributed by atoms with E-state index >= 15 is 0 Å². The van der Waals surface area contributed by atoms with E-state index in [1.807, 2.05) is 30.5 Å². The first-order valence-corrected chi connectivity index (χ1v) is 12.3. The Morgan fingerprint density at radius 2 is 1.74 bits per heavy atom. The van der Waals surface area contributed by atoms with Crippen LogP contribution in [0.1, 0.15) is 19.4 Å². The van der Waals surface area contributed by atoms with Crippen LogP contribution < -0.4 is 18.9 Å². The lowest BCUT2D eigenvalue weighted by Gasteiger charge is -2.13. The molecule has 0 fully saturated rings. The lowest BCUT2D eigenvalue weighted by Crippen LogP contribution is -2.03. The number of aliphatic carboxylic acids is 1. The number of methoxy groups -OCH3 is 3. The molecule has 0 unspecified atom stereocenters. The fourth-order valence-corrected chi connectivity index (χ4v) is 4.75. The minimum absolute atomic E-state index is 0.0694. The summed E-state index contributed by atoms with van der Waals surface area (Å²) >= 11 is 4.49. The van der Waals surface area contributed by atoms with Gasteiger partial charge in [-0.2, -0.15) is 0 Å². The standard InChI is InChI=1S/C24H26BrN3O6S/c1-6-28-22(15-11-16(31-3)13-17(12-15)32-4)26-27-24(28)35-20(23(29)30)10-14-8-18(25)21(34-7-2)19(9-14)33-5/h8-13H,6-7H2,1-5H3,(H,29,30)/b20-10-. The van der Waals surface area contributed by atoms with E-state index in [2.05, 4.69) is 26.1 Å². The van der Waals surface area contributed by atoms with Crippen molar-refractivity contribution in [2.75, 3.05) is 27.9 Å². The maximum atomic E-state index is 12.1. The molecule has 0 bridgehead atoms. The Bertz CT molecular complexity index is 1220. The molecular weight excluding hydrogens is 538 g/mol. The van der Waals surface area contributed by atoms with E-state index in [0.717, 1.165) is 17.3 Å². The van der Waals surface area contributed by atoms with E-state index in [4.69, 9.17) is 18.9 Å². The molecular formula is C24H26BrN3O6S. The van der Waals surface area contributed by atoms with Crippen LogP contribution in [0.4, 0.5) is 0 Å². The van der Waals surface area contributed by atoms with Crippen molar-refractivity contribution in [3.05, 3.63) is 45.3 Å². The third kappa shape index (κ3) is 6.09. The molecule has 2 aromatic carbocycles. The number of benzene rings is 2. The summed E-state index contributed by atoms with van der Waals surface area (Å²) in [6.45, 7) is 4.81. The number of hydrogen-bond acceptors (Lipinski definition) is 8. The number of ether oxygens (including phenoxy) is 4. The van der Waals surface area contributed by atoms with Crippen LogP contribution in [-0.2, 0) is 11.3 Å². The zero-order valence-corrected chi connectivity index (χ0v) is 22.4. The molecule has 186 valence electrons. The predicted molar refractivity (Wildman–Crippen MR) is 138 cm³/mol. The van der Waals surface area contributed by atoms with Gasteiger partial charge in [-0.25, -0.2) is 4.79 Å². The van der Waals surface area contributed by atoms with Gasteiger partial charge in [0.05, 0.1) is 32.4 Å². The van der Waals surface area contributed by atoms with Crippen LogP contribution in [0.5, 0.6) is 23.0 Å². The van der Waals surface area contributed by atoms with Crippen LogP contribution in [-0.4, -0.2) is 53.8 Å². The van der Waals surface area contributed by atoms with Crippen molar-refractivity contribution in [2.24, 2.45) is 0 Å². The van der Waals surface area contributed by atoms with Gasteiger partial charge >= 0.3 is 5.97 Å². The largest absolute Gasteiger partial charge is 0.497 e. The van der Waals surface area contributed by atoms with Crippen LogP contribution in [0.2, 0.25) is 0 Å². The quantitative estimate of drug-likeness (QED) is 0.243. The molecule has 1 aromatic heterocycles. The van der Waals surface area contributed by atoms with E-state index in [0.29, 0.717) is 57.2 Å². The highest BCUT2D eigenvalue weighted by Gasteiger charge is 2.20. The van der Waals surface area contributed by atoms with Crippen molar-refractivity contribution in [3.8, 4) is 34.4 Å². The maximum Gasteiger partial charge on any atom is 0.342 e. The Balaban J connectivity index is 2.01. The molecule has 1 N–H and O–H groups in total. The summed E-state index contributed by atoms with van der Waals surface area (Å²) in [6, 6.07) is 8.91. The molecule has 3 aromatic rings. The highest BCUT2D eigenvalue weighted by atomic mass is 79.9. The molecule has 3 rings (SSSR count). The van der Waals surface area contributed by atoms with Gasteiger partial charge in [0.15, 0.2) is 22.5 Å². The van der Waals surface area contributed by atoms with Gasteiger partial charge in [0.25, 0.3) is 0 Å². The van der Waals surface area contributed by atoms with Crippen LogP contribution in [0.15, 0.2) is 44.9 Å². The number of carboxylic acids is 1. The normalized spacial score (nSPS) is 11.3. The third-order valence-corrected chi connectivity index (χ3v) is 6.48. The summed E-state index contributed by atoms with van der Waals surface area (Å²) in [4.78, 5) is 12.2. The first-order valence-electron chi connectivity index (χ1n) is 10.6. The van der Waals surface area contributed by atoms with Crippen molar-refractivity contribution in [2.45, 2.75) is 25.5 Å². The summed E-state index contributed by atoms with van der Waals surface area (Å²) in [5.41, 5.74) is 1.37. The summed E-state index contributed by atoms with van der Waals surface area (Å²) in [6.07, 6.45) is 1.55. The number of aromatic nitrogens is 3. The molecule has 0 atom stereocenters. The number of halogens is 1. The van der Waals surface area contributed by atoms with Crippen molar-refractivity contribution in [1.29, 1.82) is 0 Å². The van der Waals surface area contributed by atoms with E-state index in [9.17, 15) is 9.90 Å². The molecule has 0 radical (unpaired) electrons. The van der Waals surface area contributed by atoms with Gasteiger partial charge in [-0.1, -0.05) is 0 Å². The van der Waals surface area contributed by atoms with Gasteiger partial charge in [0.1, 0.15) is 16.4 Å². The lowest BCUT2D eigenvalue weighted by molar-refractivity contribution is -0.131. The molecule has 0 saturated heterocycles. The summed E-state index contributed by atoms with van der Waals surface area (Å²) < 4.78 is 24.3. The van der Waals surface area contributed by atoms with Gasteiger partial charge in [0.2, 0.25) is 0 Å². The average Bonchev–Trinajstić information content (AvgIpc) is 3.27. The van der Waals surface area contributed by atoms with Crippen molar-refractivity contribution in [3.63, 3.8) is 0 Å². The molecule has 11 heteroatoms.